The van der Waals surface area contributed by atoms with Gasteiger partial charge in [0, 0.05) is 48.8 Å². The van der Waals surface area contributed by atoms with Crippen molar-refractivity contribution in [3.8, 4) is 0 Å². The van der Waals surface area contributed by atoms with E-state index in [9.17, 15) is 4.39 Å². The van der Waals surface area contributed by atoms with Crippen molar-refractivity contribution in [3.05, 3.63) is 69.9 Å². The summed E-state index contributed by atoms with van der Waals surface area (Å²) in [7, 11) is 1.73. The molecule has 2 N–H and O–H groups in total. The molecule has 1 aliphatic rings. The number of nitrogens with one attached hydrogen (secondary N) is 2. The average molecular weight is 434 g/mol. The fourth-order valence-electron chi connectivity index (χ4n) is 3.43. The van der Waals surface area contributed by atoms with Gasteiger partial charge in [-0.15, -0.1) is 0 Å². The molecule has 1 heterocycles. The van der Waals surface area contributed by atoms with Gasteiger partial charge in [0.1, 0.15) is 5.82 Å². The lowest BCUT2D eigenvalue weighted by molar-refractivity contribution is 0.0514. The molecule has 0 radical (unpaired) electrons. The highest BCUT2D eigenvalue weighted by Gasteiger charge is 2.34. The summed E-state index contributed by atoms with van der Waals surface area (Å²) in [6, 6.07) is 15.3. The van der Waals surface area contributed by atoms with Crippen molar-refractivity contribution in [2.24, 2.45) is 4.99 Å². The summed E-state index contributed by atoms with van der Waals surface area (Å²) in [5, 5.41) is 6.64. The highest BCUT2D eigenvalue weighted by atomic mass is 79.9. The van der Waals surface area contributed by atoms with Gasteiger partial charge >= 0.3 is 0 Å². The van der Waals surface area contributed by atoms with Gasteiger partial charge in [-0.3, -0.25) is 4.99 Å². The molecule has 2 aromatic rings. The maximum absolute atomic E-state index is 13.8. The first-order valence-corrected chi connectivity index (χ1v) is 9.94. The molecule has 0 aromatic heterocycles. The summed E-state index contributed by atoms with van der Waals surface area (Å²) >= 11 is 3.51. The van der Waals surface area contributed by atoms with E-state index in [0.29, 0.717) is 18.1 Å². The first-order chi connectivity index (χ1) is 13.1. The first-order valence-electron chi connectivity index (χ1n) is 9.15. The van der Waals surface area contributed by atoms with Gasteiger partial charge in [-0.25, -0.2) is 4.39 Å². The van der Waals surface area contributed by atoms with Crippen LogP contribution in [0, 0.1) is 5.82 Å². The molecule has 0 spiro atoms. The van der Waals surface area contributed by atoms with Crippen LogP contribution in [0.2, 0.25) is 0 Å². The summed E-state index contributed by atoms with van der Waals surface area (Å²) < 4.78 is 20.5. The van der Waals surface area contributed by atoms with Crippen LogP contribution in [-0.2, 0) is 16.7 Å². The number of guanidine groups is 1. The zero-order valence-electron chi connectivity index (χ0n) is 15.5. The van der Waals surface area contributed by atoms with Gasteiger partial charge in [0.25, 0.3) is 0 Å². The molecule has 2 aromatic carbocycles. The molecule has 27 heavy (non-hydrogen) atoms. The Bertz CT molecular complexity index is 773. The molecule has 1 fully saturated rings. The molecule has 0 saturated carbocycles. The Morgan fingerprint density at radius 3 is 2.48 bits per heavy atom. The minimum Gasteiger partial charge on any atom is -0.381 e. The fourth-order valence-corrected chi connectivity index (χ4v) is 3.69. The minimum absolute atomic E-state index is 0.00539. The van der Waals surface area contributed by atoms with E-state index in [1.165, 1.54) is 11.6 Å². The SMILES string of the molecule is CN=C(NCc1ccccc1F)NCC1(c2ccc(Br)cc2)CCOCC1. The van der Waals surface area contributed by atoms with Crippen molar-refractivity contribution in [3.63, 3.8) is 0 Å². The number of ether oxygens (including phenoxy) is 1. The van der Waals surface area contributed by atoms with Crippen LogP contribution in [0.4, 0.5) is 4.39 Å². The number of benzene rings is 2. The molecular weight excluding hydrogens is 409 g/mol. The maximum Gasteiger partial charge on any atom is 0.191 e. The van der Waals surface area contributed by atoms with Crippen LogP contribution in [-0.4, -0.2) is 32.8 Å². The van der Waals surface area contributed by atoms with Crippen molar-refractivity contribution in [2.45, 2.75) is 24.8 Å². The van der Waals surface area contributed by atoms with Crippen LogP contribution in [0.15, 0.2) is 58.0 Å². The molecule has 1 aliphatic heterocycles. The Balaban J connectivity index is 1.67. The third kappa shape index (κ3) is 5.08. The summed E-state index contributed by atoms with van der Waals surface area (Å²) in [5.41, 5.74) is 1.91. The molecule has 4 nitrogen and oxygen atoms in total. The maximum atomic E-state index is 13.8. The van der Waals surface area contributed by atoms with Crippen LogP contribution < -0.4 is 10.6 Å². The summed E-state index contributed by atoms with van der Waals surface area (Å²) in [6.45, 7) is 2.63. The van der Waals surface area contributed by atoms with Gasteiger partial charge < -0.3 is 15.4 Å². The summed E-state index contributed by atoms with van der Waals surface area (Å²) in [4.78, 5) is 4.29. The Kier molecular flexibility index (Phi) is 6.85. The second-order valence-corrected chi connectivity index (χ2v) is 7.69. The number of aliphatic imine (C=N–C) groups is 1. The van der Waals surface area contributed by atoms with E-state index in [1.54, 1.807) is 19.2 Å². The van der Waals surface area contributed by atoms with Crippen molar-refractivity contribution >= 4 is 21.9 Å². The van der Waals surface area contributed by atoms with Crippen molar-refractivity contribution in [2.75, 3.05) is 26.8 Å². The first kappa shape index (κ1) is 19.8. The third-order valence-electron chi connectivity index (χ3n) is 5.13. The van der Waals surface area contributed by atoms with E-state index in [1.807, 2.05) is 6.07 Å². The largest absolute Gasteiger partial charge is 0.381 e. The van der Waals surface area contributed by atoms with Crippen LogP contribution in [0.25, 0.3) is 0 Å². The van der Waals surface area contributed by atoms with E-state index in [2.05, 4.69) is 55.8 Å². The fraction of sp³-hybridized carbons (Fsp3) is 0.381. The lowest BCUT2D eigenvalue weighted by atomic mass is 9.74. The van der Waals surface area contributed by atoms with Crippen LogP contribution in [0.5, 0.6) is 0 Å². The topological polar surface area (TPSA) is 45.7 Å². The molecule has 144 valence electrons. The summed E-state index contributed by atoms with van der Waals surface area (Å²) in [5.74, 6) is 0.456. The lowest BCUT2D eigenvalue weighted by Crippen LogP contribution is -2.48. The Morgan fingerprint density at radius 1 is 1.11 bits per heavy atom. The highest BCUT2D eigenvalue weighted by Crippen LogP contribution is 2.34. The van der Waals surface area contributed by atoms with Gasteiger partial charge in [-0.05, 0) is 36.6 Å². The lowest BCUT2D eigenvalue weighted by Gasteiger charge is -2.38. The predicted molar refractivity (Wildman–Crippen MR) is 110 cm³/mol. The number of rotatable bonds is 5. The molecule has 0 amide bonds. The van der Waals surface area contributed by atoms with Crippen LogP contribution >= 0.6 is 15.9 Å². The Morgan fingerprint density at radius 2 is 1.81 bits per heavy atom. The number of hydrogen-bond donors (Lipinski definition) is 2. The van der Waals surface area contributed by atoms with E-state index in [-0.39, 0.29) is 11.2 Å². The predicted octanol–water partition coefficient (Wildman–Crippen LogP) is 4.00. The second kappa shape index (κ2) is 9.33. The zero-order chi connectivity index (χ0) is 19.1. The van der Waals surface area contributed by atoms with E-state index < -0.39 is 0 Å². The standard InChI is InChI=1S/C21H25BrFN3O/c1-24-20(25-14-16-4-2-3-5-19(16)23)26-15-21(10-12-27-13-11-21)17-6-8-18(22)9-7-17/h2-9H,10-15H2,1H3,(H2,24,25,26). The molecule has 6 heteroatoms. The van der Waals surface area contributed by atoms with Crippen LogP contribution in [0.1, 0.15) is 24.0 Å². The van der Waals surface area contributed by atoms with Crippen molar-refractivity contribution in [1.82, 2.24) is 10.6 Å². The molecule has 0 unspecified atom stereocenters. The van der Waals surface area contributed by atoms with Crippen LogP contribution in [0.3, 0.4) is 0 Å². The average Bonchev–Trinajstić information content (AvgIpc) is 2.70. The van der Waals surface area contributed by atoms with E-state index in [4.69, 9.17) is 4.74 Å². The highest BCUT2D eigenvalue weighted by molar-refractivity contribution is 9.10. The zero-order valence-corrected chi connectivity index (χ0v) is 17.1. The normalized spacial score (nSPS) is 16.8. The monoisotopic (exact) mass is 433 g/mol. The Labute approximate surface area is 168 Å². The molecular formula is C21H25BrFN3O. The quantitative estimate of drug-likeness (QED) is 0.553. The van der Waals surface area contributed by atoms with Gasteiger partial charge in [0.2, 0.25) is 0 Å². The Hall–Kier alpha value is -1.92. The number of nitrogens with zero attached hydrogens (tertiary/aromatic N) is 1. The molecule has 0 bridgehead atoms. The van der Waals surface area contributed by atoms with E-state index in [0.717, 1.165) is 37.1 Å². The molecule has 3 rings (SSSR count). The second-order valence-electron chi connectivity index (χ2n) is 6.77. The summed E-state index contributed by atoms with van der Waals surface area (Å²) in [6.07, 6.45) is 1.90. The van der Waals surface area contributed by atoms with E-state index >= 15 is 0 Å². The van der Waals surface area contributed by atoms with Crippen molar-refractivity contribution in [1.29, 1.82) is 0 Å². The van der Waals surface area contributed by atoms with Gasteiger partial charge in [-0.2, -0.15) is 0 Å². The number of halogens is 2. The smallest absolute Gasteiger partial charge is 0.191 e. The van der Waals surface area contributed by atoms with Gasteiger partial charge in [0.05, 0.1) is 0 Å². The minimum atomic E-state index is -0.212. The third-order valence-corrected chi connectivity index (χ3v) is 5.66. The molecule has 1 saturated heterocycles. The van der Waals surface area contributed by atoms with Crippen molar-refractivity contribution < 1.29 is 9.13 Å². The van der Waals surface area contributed by atoms with Gasteiger partial charge in [0.15, 0.2) is 5.96 Å². The molecule has 0 aliphatic carbocycles. The van der Waals surface area contributed by atoms with Gasteiger partial charge in [-0.1, -0.05) is 46.3 Å². The number of hydrogen-bond acceptors (Lipinski definition) is 2. The molecule has 0 atom stereocenters.